The van der Waals surface area contributed by atoms with E-state index in [2.05, 4.69) is 15.3 Å². The van der Waals surface area contributed by atoms with Crippen molar-refractivity contribution >= 4 is 51.7 Å². The zero-order valence-electron chi connectivity index (χ0n) is 18.3. The van der Waals surface area contributed by atoms with Gasteiger partial charge in [0.15, 0.2) is 11.5 Å². The zero-order chi connectivity index (χ0) is 24.0. The summed E-state index contributed by atoms with van der Waals surface area (Å²) in [6.45, 7) is 5.38. The molecular formula is C23H22Cl2F2N4O2. The van der Waals surface area contributed by atoms with E-state index in [1.165, 1.54) is 23.4 Å². The van der Waals surface area contributed by atoms with E-state index in [-0.39, 0.29) is 41.1 Å². The molecule has 1 amide bonds. The highest BCUT2D eigenvalue weighted by atomic mass is 35.5. The van der Waals surface area contributed by atoms with Gasteiger partial charge in [0.25, 0.3) is 0 Å². The van der Waals surface area contributed by atoms with Gasteiger partial charge in [0.1, 0.15) is 17.7 Å². The lowest BCUT2D eigenvalue weighted by atomic mass is 9.93. The molecular weight excluding hydrogens is 473 g/mol. The van der Waals surface area contributed by atoms with Crippen molar-refractivity contribution < 1.29 is 18.3 Å². The minimum Gasteiger partial charge on any atom is -0.444 e. The van der Waals surface area contributed by atoms with Crippen LogP contribution in [0.25, 0.3) is 10.9 Å². The molecule has 3 aromatic rings. The highest BCUT2D eigenvalue weighted by molar-refractivity contribution is 6.42. The predicted molar refractivity (Wildman–Crippen MR) is 124 cm³/mol. The van der Waals surface area contributed by atoms with E-state index >= 15 is 4.39 Å². The first kappa shape index (κ1) is 23.4. The van der Waals surface area contributed by atoms with Crippen molar-refractivity contribution in [3.63, 3.8) is 0 Å². The van der Waals surface area contributed by atoms with Gasteiger partial charge < -0.3 is 15.0 Å². The molecule has 2 aromatic carbocycles. The maximum Gasteiger partial charge on any atom is 0.410 e. The van der Waals surface area contributed by atoms with E-state index < -0.39 is 23.2 Å². The number of halogens is 4. The highest BCUT2D eigenvalue weighted by Gasteiger charge is 2.43. The molecule has 0 bridgehead atoms. The van der Waals surface area contributed by atoms with E-state index in [0.717, 1.165) is 0 Å². The Hall–Kier alpha value is -2.71. The van der Waals surface area contributed by atoms with E-state index in [4.69, 9.17) is 27.9 Å². The van der Waals surface area contributed by atoms with E-state index in [9.17, 15) is 9.18 Å². The molecule has 1 aliphatic rings. The van der Waals surface area contributed by atoms with Crippen LogP contribution < -0.4 is 5.32 Å². The number of fused-ring (bicyclic) bond motifs is 1. The molecule has 174 valence electrons. The third-order valence-electron chi connectivity index (χ3n) is 5.31. The number of ether oxygens (including phenoxy) is 1. The average molecular weight is 495 g/mol. The quantitative estimate of drug-likeness (QED) is 0.414. The lowest BCUT2D eigenvalue weighted by Gasteiger charge is -2.25. The maximum absolute atomic E-state index is 15.9. The number of benzene rings is 2. The molecule has 0 unspecified atom stereocenters. The molecule has 1 aromatic heterocycles. The Kier molecular flexibility index (Phi) is 6.09. The summed E-state index contributed by atoms with van der Waals surface area (Å²) in [4.78, 5) is 22.2. The number of carbonyl (C=O) groups excluding carboxylic acids is 1. The number of anilines is 2. The van der Waals surface area contributed by atoms with Crippen LogP contribution in [0.4, 0.5) is 25.1 Å². The lowest BCUT2D eigenvalue weighted by Crippen LogP contribution is -2.37. The highest BCUT2D eigenvalue weighted by Crippen LogP contribution is 2.39. The van der Waals surface area contributed by atoms with Crippen LogP contribution in [-0.4, -0.2) is 39.7 Å². The molecule has 2 heterocycles. The summed E-state index contributed by atoms with van der Waals surface area (Å²) in [6, 6.07) is 7.82. The van der Waals surface area contributed by atoms with Gasteiger partial charge in [-0.2, -0.15) is 0 Å². The minimum atomic E-state index is -1.77. The topological polar surface area (TPSA) is 67.3 Å². The van der Waals surface area contributed by atoms with Crippen LogP contribution in [0.3, 0.4) is 0 Å². The third kappa shape index (κ3) is 4.82. The maximum atomic E-state index is 15.9. The number of carbonyl (C=O) groups is 1. The molecule has 1 fully saturated rings. The van der Waals surface area contributed by atoms with E-state index in [1.807, 2.05) is 0 Å². The van der Waals surface area contributed by atoms with Crippen molar-refractivity contribution in [3.05, 3.63) is 58.1 Å². The van der Waals surface area contributed by atoms with Crippen molar-refractivity contribution in [2.45, 2.75) is 38.5 Å². The summed E-state index contributed by atoms with van der Waals surface area (Å²) >= 11 is 11.8. The van der Waals surface area contributed by atoms with Gasteiger partial charge >= 0.3 is 6.09 Å². The SMILES string of the molecule is CC(C)(C)OC(=O)N1CC[C@@](F)(c2ccc3ncnc(Nc4ccc(Cl)c(Cl)c4F)c3c2)C1. The normalized spacial score (nSPS) is 18.6. The van der Waals surface area contributed by atoms with Crippen molar-refractivity contribution in [2.75, 3.05) is 18.4 Å². The smallest absolute Gasteiger partial charge is 0.410 e. The largest absolute Gasteiger partial charge is 0.444 e. The van der Waals surface area contributed by atoms with Crippen LogP contribution in [0.1, 0.15) is 32.8 Å². The fraction of sp³-hybridized carbons (Fsp3) is 0.348. The first-order valence-electron chi connectivity index (χ1n) is 10.3. The van der Waals surface area contributed by atoms with Gasteiger partial charge in [-0.15, -0.1) is 0 Å². The molecule has 1 aliphatic heterocycles. The molecule has 1 atom stereocenters. The molecule has 0 radical (unpaired) electrons. The predicted octanol–water partition coefficient (Wildman–Crippen LogP) is 6.62. The molecule has 1 saturated heterocycles. The summed E-state index contributed by atoms with van der Waals surface area (Å²) in [6.07, 6.45) is 0.893. The van der Waals surface area contributed by atoms with Crippen LogP contribution in [0.2, 0.25) is 10.0 Å². The molecule has 33 heavy (non-hydrogen) atoms. The fourth-order valence-electron chi connectivity index (χ4n) is 3.68. The molecule has 6 nitrogen and oxygen atoms in total. The third-order valence-corrected chi connectivity index (χ3v) is 6.09. The molecule has 1 N–H and O–H groups in total. The van der Waals surface area contributed by atoms with Crippen LogP contribution in [0.15, 0.2) is 36.7 Å². The van der Waals surface area contributed by atoms with Crippen LogP contribution in [0, 0.1) is 5.82 Å². The summed E-state index contributed by atoms with van der Waals surface area (Å²) in [5, 5.41) is 3.26. The van der Waals surface area contributed by atoms with Crippen LogP contribution in [-0.2, 0) is 10.4 Å². The number of alkyl halides is 1. The Morgan fingerprint density at radius 2 is 1.97 bits per heavy atom. The summed E-state index contributed by atoms with van der Waals surface area (Å²) < 4.78 is 35.8. The number of likely N-dealkylation sites (tertiary alicyclic amines) is 1. The summed E-state index contributed by atoms with van der Waals surface area (Å²) in [7, 11) is 0. The first-order chi connectivity index (χ1) is 15.5. The number of amides is 1. The van der Waals surface area contributed by atoms with Gasteiger partial charge in [-0.3, -0.25) is 0 Å². The van der Waals surface area contributed by atoms with Gasteiger partial charge in [0.2, 0.25) is 0 Å². The molecule has 0 saturated carbocycles. The van der Waals surface area contributed by atoms with Crippen molar-refractivity contribution in [1.82, 2.24) is 14.9 Å². The Bertz CT molecular complexity index is 1240. The number of hydrogen-bond acceptors (Lipinski definition) is 5. The number of rotatable bonds is 3. The zero-order valence-corrected chi connectivity index (χ0v) is 19.8. The average Bonchev–Trinajstić information content (AvgIpc) is 3.16. The second kappa shape index (κ2) is 8.57. The van der Waals surface area contributed by atoms with Gasteiger partial charge in [-0.05, 0) is 50.6 Å². The van der Waals surface area contributed by atoms with Crippen molar-refractivity contribution in [2.24, 2.45) is 0 Å². The van der Waals surface area contributed by atoms with Crippen LogP contribution >= 0.6 is 23.2 Å². The number of nitrogens with zero attached hydrogens (tertiary/aromatic N) is 3. The van der Waals surface area contributed by atoms with Crippen molar-refractivity contribution in [3.8, 4) is 0 Å². The van der Waals surface area contributed by atoms with Crippen molar-refractivity contribution in [1.29, 1.82) is 0 Å². The molecule has 10 heteroatoms. The molecule has 0 aliphatic carbocycles. The Balaban J connectivity index is 1.65. The molecule has 0 spiro atoms. The number of aromatic nitrogens is 2. The lowest BCUT2D eigenvalue weighted by molar-refractivity contribution is 0.0257. The first-order valence-corrected chi connectivity index (χ1v) is 11.0. The second-order valence-corrected chi connectivity index (χ2v) is 9.70. The van der Waals surface area contributed by atoms with E-state index in [0.29, 0.717) is 16.5 Å². The Morgan fingerprint density at radius 3 is 2.70 bits per heavy atom. The second-order valence-electron chi connectivity index (χ2n) is 8.92. The standard InChI is InChI=1S/C23H22Cl2F2N4O2/c1-22(2,3)33-21(32)31-9-8-23(27,11-31)13-4-6-16-14(10-13)20(29-12-28-16)30-17-7-5-15(24)18(25)19(17)26/h4-7,10,12H,8-9,11H2,1-3H3,(H,28,29,30)/t23-/m0/s1. The van der Waals surface area contributed by atoms with Gasteiger partial charge in [0.05, 0.1) is 27.8 Å². The van der Waals surface area contributed by atoms with Gasteiger partial charge in [-0.1, -0.05) is 29.3 Å². The monoisotopic (exact) mass is 494 g/mol. The van der Waals surface area contributed by atoms with E-state index in [1.54, 1.807) is 39.0 Å². The molecule has 4 rings (SSSR count). The van der Waals surface area contributed by atoms with Crippen LogP contribution in [0.5, 0.6) is 0 Å². The fourth-order valence-corrected chi connectivity index (χ4v) is 3.99. The number of hydrogen-bond donors (Lipinski definition) is 1. The summed E-state index contributed by atoms with van der Waals surface area (Å²) in [5.41, 5.74) is -1.45. The van der Waals surface area contributed by atoms with Gasteiger partial charge in [-0.25, -0.2) is 23.5 Å². The Morgan fingerprint density at radius 1 is 1.21 bits per heavy atom. The minimum absolute atomic E-state index is 0.0710. The Labute approximate surface area is 199 Å². The summed E-state index contributed by atoms with van der Waals surface area (Å²) in [5.74, 6) is -0.442. The van der Waals surface area contributed by atoms with Gasteiger partial charge in [0, 0.05) is 18.4 Å². The number of nitrogens with one attached hydrogen (secondary N) is 1.